The van der Waals surface area contributed by atoms with Gasteiger partial charge < -0.3 is 9.64 Å². The van der Waals surface area contributed by atoms with Gasteiger partial charge in [0, 0.05) is 32.6 Å². The van der Waals surface area contributed by atoms with Crippen LogP contribution < -0.4 is 9.64 Å². The topological polar surface area (TPSA) is 75.6 Å². The minimum Gasteiger partial charge on any atom is -0.438 e. The number of sulfonamides is 1. The Kier molecular flexibility index (Phi) is 5.20. The van der Waals surface area contributed by atoms with Crippen LogP contribution in [0.15, 0.2) is 24.3 Å². The largest absolute Gasteiger partial charge is 0.438 e. The van der Waals surface area contributed by atoms with Gasteiger partial charge in [0.2, 0.25) is 21.9 Å². The maximum Gasteiger partial charge on any atom is 0.228 e. The number of aromatic nitrogens is 2. The van der Waals surface area contributed by atoms with Crippen molar-refractivity contribution >= 4 is 16.0 Å². The number of ether oxygens (including phenoxy) is 1. The Balaban J connectivity index is 1.72. The molecule has 3 heterocycles. The van der Waals surface area contributed by atoms with Gasteiger partial charge in [-0.15, -0.1) is 0 Å². The molecule has 9 heteroatoms. The first-order chi connectivity index (χ1) is 13.5. The van der Waals surface area contributed by atoms with Crippen molar-refractivity contribution in [2.45, 2.75) is 32.7 Å². The molecule has 1 saturated heterocycles. The predicted octanol–water partition coefficient (Wildman–Crippen LogP) is 2.72. The molecule has 0 N–H and O–H groups in total. The van der Waals surface area contributed by atoms with Gasteiger partial charge in [0.05, 0.1) is 17.0 Å². The average molecular weight is 406 g/mol. The van der Waals surface area contributed by atoms with E-state index in [4.69, 9.17) is 9.72 Å². The molecule has 0 radical (unpaired) electrons. The van der Waals surface area contributed by atoms with E-state index in [1.54, 1.807) is 6.92 Å². The van der Waals surface area contributed by atoms with Crippen molar-refractivity contribution in [3.8, 4) is 11.6 Å². The van der Waals surface area contributed by atoms with Gasteiger partial charge in [-0.25, -0.2) is 17.8 Å². The van der Waals surface area contributed by atoms with Crippen molar-refractivity contribution in [3.63, 3.8) is 0 Å². The molecule has 1 aromatic heterocycles. The van der Waals surface area contributed by atoms with Crippen LogP contribution in [0.2, 0.25) is 0 Å². The molecule has 1 fully saturated rings. The lowest BCUT2D eigenvalue weighted by Gasteiger charge is -2.29. The first-order valence-corrected chi connectivity index (χ1v) is 11.1. The molecule has 0 atom stereocenters. The molecule has 2 aliphatic heterocycles. The number of anilines is 1. The fourth-order valence-electron chi connectivity index (χ4n) is 3.52. The quantitative estimate of drug-likeness (QED) is 0.760. The Morgan fingerprint density at radius 2 is 1.82 bits per heavy atom. The minimum atomic E-state index is -3.32. The van der Waals surface area contributed by atoms with E-state index in [9.17, 15) is 12.8 Å². The molecule has 4 rings (SSSR count). The van der Waals surface area contributed by atoms with E-state index in [-0.39, 0.29) is 18.1 Å². The zero-order valence-electron chi connectivity index (χ0n) is 15.8. The molecular weight excluding hydrogens is 383 g/mol. The van der Waals surface area contributed by atoms with Crippen LogP contribution >= 0.6 is 0 Å². The Bertz CT molecular complexity index is 960. The molecule has 0 aliphatic carbocycles. The Labute approximate surface area is 164 Å². The standard InChI is InChI=1S/C19H23FN4O3S/c1-2-28(25,26)24-12-9-17-16(13-24)18(27-15-7-5-14(20)6-8-15)22-19(21-17)23-10-3-4-11-23/h5-8H,2-4,9-13H2,1H3. The Morgan fingerprint density at radius 3 is 2.50 bits per heavy atom. The van der Waals surface area contributed by atoms with Crippen LogP contribution in [-0.2, 0) is 23.0 Å². The summed E-state index contributed by atoms with van der Waals surface area (Å²) in [5.74, 6) is 1.10. The number of nitrogens with zero attached hydrogens (tertiary/aromatic N) is 4. The summed E-state index contributed by atoms with van der Waals surface area (Å²) in [5.41, 5.74) is 1.49. The zero-order chi connectivity index (χ0) is 19.7. The molecule has 0 spiro atoms. The molecule has 28 heavy (non-hydrogen) atoms. The third-order valence-electron chi connectivity index (χ3n) is 5.15. The SMILES string of the molecule is CCS(=O)(=O)N1CCc2nc(N3CCCC3)nc(Oc3ccc(F)cc3)c2C1. The van der Waals surface area contributed by atoms with E-state index in [1.807, 2.05) is 0 Å². The molecular formula is C19H23FN4O3S. The van der Waals surface area contributed by atoms with E-state index in [0.29, 0.717) is 36.1 Å². The van der Waals surface area contributed by atoms with Crippen LogP contribution in [0, 0.1) is 5.82 Å². The predicted molar refractivity (Wildman–Crippen MR) is 104 cm³/mol. The lowest BCUT2D eigenvalue weighted by atomic mass is 10.1. The van der Waals surface area contributed by atoms with Crippen LogP contribution in [-0.4, -0.2) is 48.1 Å². The lowest BCUT2D eigenvalue weighted by molar-refractivity contribution is 0.370. The molecule has 7 nitrogen and oxygen atoms in total. The third-order valence-corrected chi connectivity index (χ3v) is 6.98. The van der Waals surface area contributed by atoms with E-state index in [0.717, 1.165) is 31.6 Å². The molecule has 0 bridgehead atoms. The third kappa shape index (κ3) is 3.81. The minimum absolute atomic E-state index is 0.0448. The van der Waals surface area contributed by atoms with Gasteiger partial charge in [-0.2, -0.15) is 9.29 Å². The molecule has 0 amide bonds. The van der Waals surface area contributed by atoms with Gasteiger partial charge in [-0.3, -0.25) is 0 Å². The highest BCUT2D eigenvalue weighted by Gasteiger charge is 2.30. The normalized spacial score (nSPS) is 17.6. The number of halogens is 1. The summed E-state index contributed by atoms with van der Waals surface area (Å²) in [5, 5.41) is 0. The van der Waals surface area contributed by atoms with Gasteiger partial charge in [-0.1, -0.05) is 0 Å². The second kappa shape index (κ2) is 7.63. The molecule has 2 aromatic rings. The van der Waals surface area contributed by atoms with Crippen molar-refractivity contribution in [2.24, 2.45) is 0 Å². The average Bonchev–Trinajstić information content (AvgIpc) is 3.24. The van der Waals surface area contributed by atoms with Crippen molar-refractivity contribution in [3.05, 3.63) is 41.3 Å². The second-order valence-electron chi connectivity index (χ2n) is 6.99. The van der Waals surface area contributed by atoms with Crippen LogP contribution in [0.5, 0.6) is 11.6 Å². The Morgan fingerprint density at radius 1 is 1.11 bits per heavy atom. The first-order valence-electron chi connectivity index (χ1n) is 9.52. The van der Waals surface area contributed by atoms with Crippen LogP contribution in [0.25, 0.3) is 0 Å². The zero-order valence-corrected chi connectivity index (χ0v) is 16.6. The summed E-state index contributed by atoms with van der Waals surface area (Å²) in [6.45, 7) is 4.00. The summed E-state index contributed by atoms with van der Waals surface area (Å²) in [7, 11) is -3.32. The van der Waals surface area contributed by atoms with Crippen molar-refractivity contribution in [1.29, 1.82) is 0 Å². The maximum atomic E-state index is 13.2. The number of fused-ring (bicyclic) bond motifs is 1. The van der Waals surface area contributed by atoms with Gasteiger partial charge in [0.15, 0.2) is 0 Å². The maximum absolute atomic E-state index is 13.2. The summed E-state index contributed by atoms with van der Waals surface area (Å²) >= 11 is 0. The highest BCUT2D eigenvalue weighted by atomic mass is 32.2. The molecule has 0 saturated carbocycles. The van der Waals surface area contributed by atoms with E-state index in [2.05, 4.69) is 9.88 Å². The van der Waals surface area contributed by atoms with E-state index < -0.39 is 10.0 Å². The highest BCUT2D eigenvalue weighted by molar-refractivity contribution is 7.89. The summed E-state index contributed by atoms with van der Waals surface area (Å²) in [6, 6.07) is 5.70. The number of benzene rings is 1. The van der Waals surface area contributed by atoms with Gasteiger partial charge in [0.25, 0.3) is 0 Å². The fourth-order valence-corrected chi connectivity index (χ4v) is 4.58. The number of hydrogen-bond donors (Lipinski definition) is 0. The van der Waals surface area contributed by atoms with Crippen LogP contribution in [0.3, 0.4) is 0 Å². The highest BCUT2D eigenvalue weighted by Crippen LogP contribution is 2.33. The summed E-state index contributed by atoms with van der Waals surface area (Å²) < 4.78 is 45.3. The second-order valence-corrected chi connectivity index (χ2v) is 9.25. The molecule has 150 valence electrons. The Hall–Kier alpha value is -2.26. The summed E-state index contributed by atoms with van der Waals surface area (Å²) in [4.78, 5) is 11.4. The monoisotopic (exact) mass is 406 g/mol. The summed E-state index contributed by atoms with van der Waals surface area (Å²) in [6.07, 6.45) is 2.70. The first kappa shape index (κ1) is 19.1. The smallest absolute Gasteiger partial charge is 0.228 e. The van der Waals surface area contributed by atoms with Gasteiger partial charge in [-0.05, 0) is 44.0 Å². The molecule has 1 aromatic carbocycles. The molecule has 2 aliphatic rings. The van der Waals surface area contributed by atoms with E-state index >= 15 is 0 Å². The van der Waals surface area contributed by atoms with Gasteiger partial charge >= 0.3 is 0 Å². The van der Waals surface area contributed by atoms with Crippen molar-refractivity contribution in [2.75, 3.05) is 30.3 Å². The van der Waals surface area contributed by atoms with Crippen LogP contribution in [0.1, 0.15) is 31.0 Å². The lowest BCUT2D eigenvalue weighted by Crippen LogP contribution is -2.38. The van der Waals surface area contributed by atoms with Crippen molar-refractivity contribution < 1.29 is 17.5 Å². The van der Waals surface area contributed by atoms with Crippen molar-refractivity contribution in [1.82, 2.24) is 14.3 Å². The number of hydrogen-bond acceptors (Lipinski definition) is 6. The number of rotatable bonds is 5. The molecule has 0 unspecified atom stereocenters. The van der Waals surface area contributed by atoms with Crippen LogP contribution in [0.4, 0.5) is 10.3 Å². The fraction of sp³-hybridized carbons (Fsp3) is 0.474. The van der Waals surface area contributed by atoms with E-state index in [1.165, 1.54) is 28.6 Å². The van der Waals surface area contributed by atoms with Gasteiger partial charge in [0.1, 0.15) is 11.6 Å².